The normalized spacial score (nSPS) is 18.2. The molecule has 0 spiro atoms. The number of carboxylic acid groups (broad SMARTS) is 1. The monoisotopic (exact) mass is 442 g/mol. The molecule has 3 rings (SSSR count). The summed E-state index contributed by atoms with van der Waals surface area (Å²) in [6.45, 7) is 2.72. The Balaban J connectivity index is 0.000000423. The van der Waals surface area contributed by atoms with Crippen molar-refractivity contribution in [2.24, 2.45) is 5.73 Å². The minimum atomic E-state index is -5.08. The van der Waals surface area contributed by atoms with E-state index in [1.54, 1.807) is 23.1 Å². The van der Waals surface area contributed by atoms with Gasteiger partial charge < -0.3 is 21.1 Å². The molecule has 2 atom stereocenters. The van der Waals surface area contributed by atoms with Crippen LogP contribution in [0.15, 0.2) is 36.9 Å². The third-order valence-corrected chi connectivity index (χ3v) is 4.29. The highest BCUT2D eigenvalue weighted by Crippen LogP contribution is 2.23. The summed E-state index contributed by atoms with van der Waals surface area (Å²) in [4.78, 5) is 39.7. The SMILES string of the molecule is CCNC(=O)[C@@H]1C[C@@H](N)CN1C(=O)c1ccccc1-n1cncn1.O=C(O)C(F)(F)F. The number of nitrogens with two attached hydrogens (primary N) is 1. The number of hydrogen-bond acceptors (Lipinski definition) is 6. The van der Waals surface area contributed by atoms with Crippen molar-refractivity contribution in [1.29, 1.82) is 0 Å². The zero-order valence-corrected chi connectivity index (χ0v) is 16.4. The van der Waals surface area contributed by atoms with Crippen LogP contribution in [0.25, 0.3) is 5.69 Å². The summed E-state index contributed by atoms with van der Waals surface area (Å²) < 4.78 is 33.3. The van der Waals surface area contributed by atoms with Crippen molar-refractivity contribution in [1.82, 2.24) is 25.0 Å². The lowest BCUT2D eigenvalue weighted by atomic mass is 10.1. The number of aromatic nitrogens is 3. The summed E-state index contributed by atoms with van der Waals surface area (Å²) in [6.07, 6.45) is -1.68. The van der Waals surface area contributed by atoms with Crippen molar-refractivity contribution < 1.29 is 32.7 Å². The zero-order chi connectivity index (χ0) is 23.2. The second kappa shape index (κ2) is 10.0. The van der Waals surface area contributed by atoms with Gasteiger partial charge >= 0.3 is 12.1 Å². The van der Waals surface area contributed by atoms with Crippen molar-refractivity contribution >= 4 is 17.8 Å². The van der Waals surface area contributed by atoms with Gasteiger partial charge in [0.15, 0.2) is 0 Å². The number of aliphatic carboxylic acids is 1. The Morgan fingerprint density at radius 3 is 2.48 bits per heavy atom. The van der Waals surface area contributed by atoms with E-state index in [4.69, 9.17) is 15.6 Å². The van der Waals surface area contributed by atoms with Gasteiger partial charge in [-0.05, 0) is 25.5 Å². The van der Waals surface area contributed by atoms with Crippen LogP contribution in [0, 0.1) is 0 Å². The number of alkyl halides is 3. The zero-order valence-electron chi connectivity index (χ0n) is 16.4. The number of amides is 2. The van der Waals surface area contributed by atoms with E-state index >= 15 is 0 Å². The second-order valence-corrected chi connectivity index (χ2v) is 6.52. The van der Waals surface area contributed by atoms with Crippen LogP contribution < -0.4 is 11.1 Å². The van der Waals surface area contributed by atoms with Gasteiger partial charge in [-0.2, -0.15) is 18.3 Å². The number of benzene rings is 1. The number of rotatable bonds is 4. The molecular formula is C18H21F3N6O4. The molecular weight excluding hydrogens is 421 g/mol. The van der Waals surface area contributed by atoms with E-state index < -0.39 is 18.2 Å². The first-order chi connectivity index (χ1) is 14.6. The molecule has 0 saturated carbocycles. The summed E-state index contributed by atoms with van der Waals surface area (Å²) in [7, 11) is 0. The fourth-order valence-electron chi connectivity index (χ4n) is 2.98. The average molecular weight is 442 g/mol. The van der Waals surface area contributed by atoms with Gasteiger partial charge in [0.2, 0.25) is 5.91 Å². The van der Waals surface area contributed by atoms with E-state index in [-0.39, 0.29) is 17.9 Å². The van der Waals surface area contributed by atoms with E-state index in [9.17, 15) is 22.8 Å². The van der Waals surface area contributed by atoms with Gasteiger partial charge in [0.05, 0.1) is 11.3 Å². The number of carbonyl (C=O) groups excluding carboxylic acids is 2. The number of likely N-dealkylation sites (tertiary alicyclic amines) is 1. The topological polar surface area (TPSA) is 143 Å². The molecule has 4 N–H and O–H groups in total. The molecule has 31 heavy (non-hydrogen) atoms. The first-order valence-corrected chi connectivity index (χ1v) is 9.14. The minimum Gasteiger partial charge on any atom is -0.475 e. The Kier molecular flexibility index (Phi) is 7.69. The first-order valence-electron chi connectivity index (χ1n) is 9.14. The van der Waals surface area contributed by atoms with Crippen LogP contribution in [0.5, 0.6) is 0 Å². The standard InChI is InChI=1S/C16H20N6O2.C2HF3O2/c1-2-19-15(23)14-7-11(17)8-21(14)16(24)12-5-3-4-6-13(12)22-10-18-9-20-22;3-2(4,5)1(6)7/h3-6,9-11,14H,2,7-8,17H2,1H3,(H,19,23);(H,6,7)/t11-,14+;/m1./s1. The Morgan fingerprint density at radius 1 is 1.29 bits per heavy atom. The summed E-state index contributed by atoms with van der Waals surface area (Å²) in [6, 6.07) is 6.36. The van der Waals surface area contributed by atoms with Gasteiger partial charge in [-0.3, -0.25) is 9.59 Å². The van der Waals surface area contributed by atoms with Crippen molar-refractivity contribution in [3.05, 3.63) is 42.5 Å². The highest BCUT2D eigenvalue weighted by Gasteiger charge is 2.39. The number of likely N-dealkylation sites (N-methyl/N-ethyl adjacent to an activating group) is 1. The van der Waals surface area contributed by atoms with E-state index in [0.717, 1.165) is 0 Å². The molecule has 2 heterocycles. The van der Waals surface area contributed by atoms with E-state index in [1.165, 1.54) is 17.3 Å². The molecule has 1 aliphatic heterocycles. The number of nitrogens with zero attached hydrogens (tertiary/aromatic N) is 4. The van der Waals surface area contributed by atoms with Crippen molar-refractivity contribution in [2.45, 2.75) is 31.6 Å². The lowest BCUT2D eigenvalue weighted by Crippen LogP contribution is -2.46. The lowest BCUT2D eigenvalue weighted by molar-refractivity contribution is -0.192. The van der Waals surface area contributed by atoms with Crippen LogP contribution in [-0.4, -0.2) is 73.9 Å². The molecule has 2 aromatic rings. The molecule has 0 bridgehead atoms. The van der Waals surface area contributed by atoms with Crippen LogP contribution in [0.1, 0.15) is 23.7 Å². The quantitative estimate of drug-likeness (QED) is 0.628. The third-order valence-electron chi connectivity index (χ3n) is 4.29. The third kappa shape index (κ3) is 6.01. The highest BCUT2D eigenvalue weighted by molar-refractivity contribution is 6.00. The van der Waals surface area contributed by atoms with E-state index in [1.807, 2.05) is 13.0 Å². The Hall–Kier alpha value is -3.48. The molecule has 1 aromatic carbocycles. The molecule has 1 fully saturated rings. The molecule has 1 aromatic heterocycles. The Morgan fingerprint density at radius 2 is 1.94 bits per heavy atom. The smallest absolute Gasteiger partial charge is 0.475 e. The van der Waals surface area contributed by atoms with Crippen LogP contribution in [0.3, 0.4) is 0 Å². The summed E-state index contributed by atoms with van der Waals surface area (Å²) in [5.41, 5.74) is 7.08. The Labute approximate surface area is 174 Å². The fourth-order valence-corrected chi connectivity index (χ4v) is 2.98. The van der Waals surface area contributed by atoms with Crippen molar-refractivity contribution in [3.63, 3.8) is 0 Å². The van der Waals surface area contributed by atoms with Crippen LogP contribution in [0.2, 0.25) is 0 Å². The summed E-state index contributed by atoms with van der Waals surface area (Å²) in [5.74, 6) is -3.16. The maximum atomic E-state index is 13.1. The number of para-hydroxylation sites is 1. The molecule has 2 amide bonds. The average Bonchev–Trinajstić information content (AvgIpc) is 3.37. The molecule has 0 unspecified atom stereocenters. The molecule has 168 valence electrons. The number of nitrogens with one attached hydrogen (secondary N) is 1. The van der Waals surface area contributed by atoms with E-state index in [0.29, 0.717) is 30.8 Å². The van der Waals surface area contributed by atoms with Gasteiger partial charge in [-0.25, -0.2) is 14.5 Å². The van der Waals surface area contributed by atoms with Crippen molar-refractivity contribution in [2.75, 3.05) is 13.1 Å². The van der Waals surface area contributed by atoms with Crippen LogP contribution in [0.4, 0.5) is 13.2 Å². The van der Waals surface area contributed by atoms with Gasteiger partial charge in [0.25, 0.3) is 5.91 Å². The number of hydrogen-bond donors (Lipinski definition) is 3. The molecule has 13 heteroatoms. The minimum absolute atomic E-state index is 0.169. The predicted octanol–water partition coefficient (Wildman–Crippen LogP) is 0.579. The van der Waals surface area contributed by atoms with Gasteiger partial charge in [0.1, 0.15) is 18.7 Å². The Bertz CT molecular complexity index is 919. The van der Waals surface area contributed by atoms with Crippen LogP contribution in [-0.2, 0) is 9.59 Å². The molecule has 1 saturated heterocycles. The van der Waals surface area contributed by atoms with Crippen molar-refractivity contribution in [3.8, 4) is 5.69 Å². The first kappa shape index (κ1) is 23.8. The number of carbonyl (C=O) groups is 3. The largest absolute Gasteiger partial charge is 0.490 e. The fraction of sp³-hybridized carbons (Fsp3) is 0.389. The van der Waals surface area contributed by atoms with Crippen LogP contribution >= 0.6 is 0 Å². The highest BCUT2D eigenvalue weighted by atomic mass is 19.4. The molecule has 10 nitrogen and oxygen atoms in total. The van der Waals surface area contributed by atoms with Gasteiger partial charge in [-0.15, -0.1) is 0 Å². The lowest BCUT2D eigenvalue weighted by Gasteiger charge is -2.24. The summed E-state index contributed by atoms with van der Waals surface area (Å²) in [5, 5.41) is 14.0. The number of carboxylic acids is 1. The van der Waals surface area contributed by atoms with Gasteiger partial charge in [-0.1, -0.05) is 12.1 Å². The van der Waals surface area contributed by atoms with Gasteiger partial charge in [0, 0.05) is 19.1 Å². The second-order valence-electron chi connectivity index (χ2n) is 6.52. The molecule has 0 radical (unpaired) electrons. The predicted molar refractivity (Wildman–Crippen MR) is 101 cm³/mol. The van der Waals surface area contributed by atoms with E-state index in [2.05, 4.69) is 15.4 Å². The number of halogens is 3. The molecule has 1 aliphatic rings. The molecule has 0 aliphatic carbocycles. The summed E-state index contributed by atoms with van der Waals surface area (Å²) >= 11 is 0. The maximum Gasteiger partial charge on any atom is 0.490 e. The maximum absolute atomic E-state index is 13.1.